The van der Waals surface area contributed by atoms with Crippen LogP contribution in [0.4, 0.5) is 0 Å². The lowest BCUT2D eigenvalue weighted by Crippen LogP contribution is -2.60. The van der Waals surface area contributed by atoms with Crippen molar-refractivity contribution in [1.29, 1.82) is 0 Å². The molecular weight excluding hydrogens is 712 g/mol. The van der Waals surface area contributed by atoms with Gasteiger partial charge in [0.15, 0.2) is 6.29 Å². The number of aliphatic hydroxyl groups is 1. The van der Waals surface area contributed by atoms with E-state index in [4.69, 9.17) is 33.2 Å². The Kier molecular flexibility index (Phi) is 15.3. The highest BCUT2D eigenvalue weighted by atomic mass is 16.7. The standard InChI is InChI=1S/C46H48O10/c1-33(40(47)31-50-27-34-17-7-2-8-18-34)54-46-39(30-53-44(48)37-23-13-5-14-24-37)42(56-45(49)38-25-15-6-16-26-38)43(52-29-36-21-11-4-12-22-36)41(55-46)32-51-28-35-19-9-3-10-20-35/h2-26,33,39-43,46-47H,27-32H2,1H3/t33-,39?,40?,41?,42?,43-,46+/m0/s1. The lowest BCUT2D eigenvalue weighted by atomic mass is 9.90. The van der Waals surface area contributed by atoms with Crippen LogP contribution in [-0.4, -0.2) is 73.7 Å². The highest BCUT2D eigenvalue weighted by Gasteiger charge is 2.51. The zero-order chi connectivity index (χ0) is 39.0. The fraction of sp³-hybridized carbons (Fsp3) is 0.304. The van der Waals surface area contributed by atoms with Crippen LogP contribution < -0.4 is 0 Å². The van der Waals surface area contributed by atoms with Gasteiger partial charge >= 0.3 is 11.9 Å². The maximum absolute atomic E-state index is 13.9. The summed E-state index contributed by atoms with van der Waals surface area (Å²) in [6.07, 6.45) is -5.79. The van der Waals surface area contributed by atoms with Gasteiger partial charge in [0.05, 0.1) is 56.2 Å². The Morgan fingerprint density at radius 2 is 1.09 bits per heavy atom. The molecule has 0 radical (unpaired) electrons. The Bertz CT molecular complexity index is 1880. The highest BCUT2D eigenvalue weighted by molar-refractivity contribution is 5.90. The molecule has 0 saturated carbocycles. The van der Waals surface area contributed by atoms with Gasteiger partial charge in [0.2, 0.25) is 0 Å². The van der Waals surface area contributed by atoms with Crippen molar-refractivity contribution in [2.45, 2.75) is 63.6 Å². The van der Waals surface area contributed by atoms with Crippen LogP contribution >= 0.6 is 0 Å². The van der Waals surface area contributed by atoms with Crippen molar-refractivity contribution in [1.82, 2.24) is 0 Å². The Morgan fingerprint density at radius 1 is 0.607 bits per heavy atom. The average Bonchev–Trinajstić information content (AvgIpc) is 3.24. The maximum atomic E-state index is 13.9. The summed E-state index contributed by atoms with van der Waals surface area (Å²) >= 11 is 0. The molecule has 0 aliphatic carbocycles. The van der Waals surface area contributed by atoms with Crippen LogP contribution in [0.1, 0.15) is 44.3 Å². The van der Waals surface area contributed by atoms with Crippen molar-refractivity contribution in [2.75, 3.05) is 19.8 Å². The van der Waals surface area contributed by atoms with Crippen molar-refractivity contribution in [3.8, 4) is 0 Å². The molecule has 7 atom stereocenters. The minimum absolute atomic E-state index is 0.0186. The van der Waals surface area contributed by atoms with Crippen LogP contribution in [-0.2, 0) is 53.0 Å². The molecule has 0 amide bonds. The summed E-state index contributed by atoms with van der Waals surface area (Å²) < 4.78 is 44.1. The first kappa shape index (κ1) is 40.5. The van der Waals surface area contributed by atoms with E-state index in [2.05, 4.69) is 0 Å². The van der Waals surface area contributed by atoms with Gasteiger partial charge in [-0.2, -0.15) is 0 Å². The van der Waals surface area contributed by atoms with E-state index in [0.717, 1.165) is 16.7 Å². The lowest BCUT2D eigenvalue weighted by Gasteiger charge is -2.46. The number of ether oxygens (including phenoxy) is 7. The number of carbonyl (C=O) groups is 2. The van der Waals surface area contributed by atoms with Gasteiger partial charge in [-0.3, -0.25) is 0 Å². The van der Waals surface area contributed by atoms with Crippen LogP contribution in [0.15, 0.2) is 152 Å². The third kappa shape index (κ3) is 11.9. The molecule has 292 valence electrons. The first-order chi connectivity index (χ1) is 27.4. The molecular formula is C46H48O10. The van der Waals surface area contributed by atoms with Gasteiger partial charge in [-0.1, -0.05) is 127 Å². The second-order valence-corrected chi connectivity index (χ2v) is 13.6. The lowest BCUT2D eigenvalue weighted by molar-refractivity contribution is -0.314. The number of esters is 2. The summed E-state index contributed by atoms with van der Waals surface area (Å²) in [6, 6.07) is 46.2. The van der Waals surface area contributed by atoms with Crippen molar-refractivity contribution in [3.63, 3.8) is 0 Å². The molecule has 10 nitrogen and oxygen atoms in total. The van der Waals surface area contributed by atoms with E-state index >= 15 is 0 Å². The third-order valence-corrected chi connectivity index (χ3v) is 9.41. The molecule has 1 N–H and O–H groups in total. The number of benzene rings is 5. The van der Waals surface area contributed by atoms with Crippen molar-refractivity contribution >= 4 is 11.9 Å². The molecule has 1 saturated heterocycles. The van der Waals surface area contributed by atoms with E-state index in [1.165, 1.54) is 0 Å². The molecule has 1 aliphatic heterocycles. The third-order valence-electron chi connectivity index (χ3n) is 9.41. The number of hydrogen-bond donors (Lipinski definition) is 1. The normalized spacial score (nSPS) is 20.4. The number of carbonyl (C=O) groups excluding carboxylic acids is 2. The molecule has 4 unspecified atom stereocenters. The summed E-state index contributed by atoms with van der Waals surface area (Å²) in [4.78, 5) is 27.2. The second-order valence-electron chi connectivity index (χ2n) is 13.6. The van der Waals surface area contributed by atoms with E-state index < -0.39 is 54.7 Å². The zero-order valence-corrected chi connectivity index (χ0v) is 31.3. The average molecular weight is 761 g/mol. The maximum Gasteiger partial charge on any atom is 0.338 e. The van der Waals surface area contributed by atoms with E-state index in [1.807, 2.05) is 97.1 Å². The zero-order valence-electron chi connectivity index (χ0n) is 31.3. The Hall–Kier alpha value is -5.20. The van der Waals surface area contributed by atoms with Gasteiger partial charge in [0.1, 0.15) is 31.0 Å². The van der Waals surface area contributed by atoms with E-state index in [0.29, 0.717) is 17.7 Å². The fourth-order valence-electron chi connectivity index (χ4n) is 6.30. The summed E-state index contributed by atoms with van der Waals surface area (Å²) in [5, 5.41) is 11.2. The number of rotatable bonds is 19. The molecule has 0 spiro atoms. The second kappa shape index (κ2) is 21.2. The predicted octanol–water partition coefficient (Wildman–Crippen LogP) is 7.20. The van der Waals surface area contributed by atoms with Crippen LogP contribution in [0.25, 0.3) is 0 Å². The first-order valence-corrected chi connectivity index (χ1v) is 18.8. The SMILES string of the molecule is C[C@H](O[C@@H]1OC(COCc2ccccc2)[C@H](OCc2ccccc2)C(OC(=O)c2ccccc2)C1COC(=O)c1ccccc1)C(O)COCc1ccccc1. The molecule has 5 aromatic carbocycles. The van der Waals surface area contributed by atoms with Gasteiger partial charge in [-0.25, -0.2) is 9.59 Å². The molecule has 56 heavy (non-hydrogen) atoms. The summed E-state index contributed by atoms with van der Waals surface area (Å²) in [7, 11) is 0. The van der Waals surface area contributed by atoms with Gasteiger partial charge in [-0.15, -0.1) is 0 Å². The van der Waals surface area contributed by atoms with E-state index in [1.54, 1.807) is 61.5 Å². The van der Waals surface area contributed by atoms with Gasteiger partial charge in [0.25, 0.3) is 0 Å². The Labute approximate surface area is 327 Å². The monoisotopic (exact) mass is 760 g/mol. The molecule has 0 bridgehead atoms. The van der Waals surface area contributed by atoms with Gasteiger partial charge in [-0.05, 0) is 47.9 Å². The predicted molar refractivity (Wildman–Crippen MR) is 208 cm³/mol. The molecule has 1 heterocycles. The van der Waals surface area contributed by atoms with Crippen molar-refractivity contribution in [3.05, 3.63) is 179 Å². The van der Waals surface area contributed by atoms with Crippen LogP contribution in [0.2, 0.25) is 0 Å². The number of hydrogen-bond acceptors (Lipinski definition) is 10. The largest absolute Gasteiger partial charge is 0.461 e. The van der Waals surface area contributed by atoms with Crippen molar-refractivity contribution < 1.29 is 47.9 Å². The Morgan fingerprint density at radius 3 is 1.64 bits per heavy atom. The molecule has 10 heteroatoms. The molecule has 0 aromatic heterocycles. The highest BCUT2D eigenvalue weighted by Crippen LogP contribution is 2.34. The van der Waals surface area contributed by atoms with Crippen molar-refractivity contribution in [2.24, 2.45) is 5.92 Å². The van der Waals surface area contributed by atoms with E-state index in [9.17, 15) is 14.7 Å². The van der Waals surface area contributed by atoms with Crippen LogP contribution in [0, 0.1) is 5.92 Å². The molecule has 5 aromatic rings. The van der Waals surface area contributed by atoms with Gasteiger partial charge < -0.3 is 38.3 Å². The van der Waals surface area contributed by atoms with Crippen LogP contribution in [0.5, 0.6) is 0 Å². The topological polar surface area (TPSA) is 119 Å². The number of aliphatic hydroxyl groups excluding tert-OH is 1. The Balaban J connectivity index is 1.29. The minimum Gasteiger partial charge on any atom is -0.461 e. The quantitative estimate of drug-likeness (QED) is 0.0867. The summed E-state index contributed by atoms with van der Waals surface area (Å²) in [5.74, 6) is -2.08. The summed E-state index contributed by atoms with van der Waals surface area (Å²) in [6.45, 7) is 2.23. The molecule has 1 fully saturated rings. The minimum atomic E-state index is -1.15. The molecule has 1 aliphatic rings. The van der Waals surface area contributed by atoms with Crippen LogP contribution in [0.3, 0.4) is 0 Å². The summed E-state index contributed by atoms with van der Waals surface area (Å²) in [5.41, 5.74) is 3.50. The fourth-order valence-corrected chi connectivity index (χ4v) is 6.30. The molecule has 6 rings (SSSR count). The first-order valence-electron chi connectivity index (χ1n) is 18.8. The van der Waals surface area contributed by atoms with Gasteiger partial charge in [0, 0.05) is 0 Å². The van der Waals surface area contributed by atoms with E-state index in [-0.39, 0.29) is 33.0 Å². The smallest absolute Gasteiger partial charge is 0.338 e.